The molecule has 1 saturated heterocycles. The highest BCUT2D eigenvalue weighted by Crippen LogP contribution is 2.47. The number of imidazole rings is 1. The van der Waals surface area contributed by atoms with Crippen LogP contribution in [0.3, 0.4) is 0 Å². The maximum Gasteiger partial charge on any atom is 0.233 e. The number of piperidine rings is 1. The number of hydrogen-bond acceptors (Lipinski definition) is 3. The molecule has 2 amide bonds. The van der Waals surface area contributed by atoms with Gasteiger partial charge in [-0.05, 0) is 6.42 Å². The maximum absolute atomic E-state index is 11.5. The normalized spacial score (nSPS) is 29.6. The van der Waals surface area contributed by atoms with Crippen molar-refractivity contribution >= 4 is 11.8 Å². The van der Waals surface area contributed by atoms with Crippen LogP contribution in [0.4, 0.5) is 0 Å². The molecule has 1 N–H and O–H groups in total. The number of rotatable bonds is 2. The Kier molecular flexibility index (Phi) is 1.34. The van der Waals surface area contributed by atoms with Crippen LogP contribution < -0.4 is 0 Å². The van der Waals surface area contributed by atoms with Crippen molar-refractivity contribution in [3.8, 4) is 0 Å². The predicted octanol–water partition coefficient (Wildman–Crippen LogP) is -0.0854. The summed E-state index contributed by atoms with van der Waals surface area (Å²) in [5.74, 6) is 0.565. The van der Waals surface area contributed by atoms with Crippen molar-refractivity contribution < 1.29 is 9.59 Å². The van der Waals surface area contributed by atoms with Crippen LogP contribution in [0, 0.1) is 11.8 Å². The third-order valence-corrected chi connectivity index (χ3v) is 2.82. The molecule has 2 unspecified atom stereocenters. The highest BCUT2D eigenvalue weighted by molar-refractivity contribution is 6.08. The van der Waals surface area contributed by atoms with E-state index in [0.29, 0.717) is 5.82 Å². The molecule has 2 aliphatic rings. The highest BCUT2D eigenvalue weighted by Gasteiger charge is 2.58. The molecule has 0 bridgehead atoms. The molecule has 2 heterocycles. The minimum atomic E-state index is -0.0311. The Labute approximate surface area is 80.1 Å². The van der Waals surface area contributed by atoms with Gasteiger partial charge in [0.05, 0.1) is 18.4 Å². The molecular weight excluding hydrogens is 182 g/mol. The topological polar surface area (TPSA) is 66.1 Å². The largest absolute Gasteiger partial charge is 0.347 e. The van der Waals surface area contributed by atoms with Crippen LogP contribution in [0.1, 0.15) is 12.2 Å². The van der Waals surface area contributed by atoms with Crippen LogP contribution in [0.25, 0.3) is 0 Å². The van der Waals surface area contributed by atoms with E-state index in [0.717, 1.165) is 6.42 Å². The molecule has 1 aromatic rings. The van der Waals surface area contributed by atoms with Crippen molar-refractivity contribution in [2.45, 2.75) is 13.0 Å². The summed E-state index contributed by atoms with van der Waals surface area (Å²) in [6.45, 7) is 0.289. The van der Waals surface area contributed by atoms with Crippen LogP contribution in [0.5, 0.6) is 0 Å². The van der Waals surface area contributed by atoms with E-state index in [9.17, 15) is 9.59 Å². The van der Waals surface area contributed by atoms with Crippen molar-refractivity contribution in [3.63, 3.8) is 0 Å². The van der Waals surface area contributed by atoms with Crippen molar-refractivity contribution in [1.29, 1.82) is 0 Å². The number of hydrogen-bond donors (Lipinski definition) is 1. The number of imide groups is 1. The van der Waals surface area contributed by atoms with Gasteiger partial charge in [0.15, 0.2) is 0 Å². The van der Waals surface area contributed by atoms with E-state index in [4.69, 9.17) is 0 Å². The second-order valence-corrected chi connectivity index (χ2v) is 3.75. The minimum Gasteiger partial charge on any atom is -0.347 e. The van der Waals surface area contributed by atoms with Crippen LogP contribution in [0.2, 0.25) is 0 Å². The Morgan fingerprint density at radius 3 is 2.71 bits per heavy atom. The van der Waals surface area contributed by atoms with Crippen molar-refractivity contribution in [2.24, 2.45) is 11.8 Å². The number of aromatic amines is 1. The second-order valence-electron chi connectivity index (χ2n) is 3.75. The number of likely N-dealkylation sites (tertiary alicyclic amines) is 1. The third-order valence-electron chi connectivity index (χ3n) is 2.82. The molecule has 3 rings (SSSR count). The summed E-state index contributed by atoms with van der Waals surface area (Å²) in [6, 6.07) is 0. The van der Waals surface area contributed by atoms with Gasteiger partial charge >= 0.3 is 0 Å². The van der Waals surface area contributed by atoms with Gasteiger partial charge in [-0.15, -0.1) is 0 Å². The number of aromatic nitrogens is 2. The molecule has 1 saturated carbocycles. The molecule has 2 atom stereocenters. The van der Waals surface area contributed by atoms with E-state index in [1.54, 1.807) is 12.4 Å². The Morgan fingerprint density at radius 2 is 2.14 bits per heavy atom. The molecule has 0 spiro atoms. The Balaban J connectivity index is 1.80. The van der Waals surface area contributed by atoms with Gasteiger partial charge in [0.2, 0.25) is 11.8 Å². The molecule has 72 valence electrons. The molecule has 5 heteroatoms. The zero-order valence-electron chi connectivity index (χ0n) is 7.43. The van der Waals surface area contributed by atoms with Crippen molar-refractivity contribution in [2.75, 3.05) is 0 Å². The zero-order chi connectivity index (χ0) is 9.71. The van der Waals surface area contributed by atoms with Gasteiger partial charge in [-0.1, -0.05) is 0 Å². The summed E-state index contributed by atoms with van der Waals surface area (Å²) in [7, 11) is 0. The van der Waals surface area contributed by atoms with E-state index >= 15 is 0 Å². The fourth-order valence-electron chi connectivity index (χ4n) is 1.94. The standard InChI is InChI=1S/C9H9N3O2/c13-8-5-3-6(5)9(14)12(8)4-7-10-1-2-11-7/h1-2,5-6H,3-4H2,(H,10,11). The van der Waals surface area contributed by atoms with Crippen LogP contribution in [-0.2, 0) is 16.1 Å². The minimum absolute atomic E-state index is 0.0162. The molecule has 14 heavy (non-hydrogen) atoms. The Morgan fingerprint density at radius 1 is 1.43 bits per heavy atom. The van der Waals surface area contributed by atoms with E-state index in [2.05, 4.69) is 9.97 Å². The molecular formula is C9H9N3O2. The number of nitrogens with one attached hydrogen (secondary N) is 1. The number of carbonyl (C=O) groups excluding carboxylic acids is 2. The lowest BCUT2D eigenvalue weighted by Gasteiger charge is -2.14. The quantitative estimate of drug-likeness (QED) is 0.664. The summed E-state index contributed by atoms with van der Waals surface area (Å²) in [6.07, 6.45) is 4.05. The summed E-state index contributed by atoms with van der Waals surface area (Å²) in [5, 5.41) is 0. The first kappa shape index (κ1) is 7.73. The predicted molar refractivity (Wildman–Crippen MR) is 45.7 cm³/mol. The number of amides is 2. The lowest BCUT2D eigenvalue weighted by Crippen LogP contribution is -2.32. The van der Waals surface area contributed by atoms with E-state index in [1.807, 2.05) is 0 Å². The first-order chi connectivity index (χ1) is 6.77. The first-order valence-electron chi connectivity index (χ1n) is 4.61. The third kappa shape index (κ3) is 0.921. The maximum atomic E-state index is 11.5. The number of fused-ring (bicyclic) bond motifs is 1. The molecule has 1 aliphatic carbocycles. The molecule has 1 aliphatic heterocycles. The van der Waals surface area contributed by atoms with Gasteiger partial charge in [0.25, 0.3) is 0 Å². The Bertz CT molecular complexity index is 378. The van der Waals surface area contributed by atoms with Crippen LogP contribution >= 0.6 is 0 Å². The van der Waals surface area contributed by atoms with Gasteiger partial charge in [-0.2, -0.15) is 0 Å². The SMILES string of the molecule is O=C1C2CC2C(=O)N1Cc1ncc[nH]1. The van der Waals surface area contributed by atoms with Gasteiger partial charge in [-0.25, -0.2) is 4.98 Å². The highest BCUT2D eigenvalue weighted by atomic mass is 16.2. The average molecular weight is 191 g/mol. The van der Waals surface area contributed by atoms with Crippen molar-refractivity contribution in [1.82, 2.24) is 14.9 Å². The van der Waals surface area contributed by atoms with Gasteiger partial charge < -0.3 is 4.98 Å². The Hall–Kier alpha value is -1.65. The molecule has 0 aromatic carbocycles. The van der Waals surface area contributed by atoms with Gasteiger partial charge in [-0.3, -0.25) is 14.5 Å². The van der Waals surface area contributed by atoms with Gasteiger partial charge in [0.1, 0.15) is 5.82 Å². The van der Waals surface area contributed by atoms with Crippen LogP contribution in [-0.4, -0.2) is 26.7 Å². The van der Waals surface area contributed by atoms with E-state index in [-0.39, 0.29) is 30.2 Å². The molecule has 1 aromatic heterocycles. The van der Waals surface area contributed by atoms with Crippen LogP contribution in [0.15, 0.2) is 12.4 Å². The summed E-state index contributed by atoms with van der Waals surface area (Å²) in [4.78, 5) is 31.3. The molecule has 0 radical (unpaired) electrons. The smallest absolute Gasteiger partial charge is 0.233 e. The first-order valence-corrected chi connectivity index (χ1v) is 4.61. The summed E-state index contributed by atoms with van der Waals surface area (Å²) in [5.41, 5.74) is 0. The monoisotopic (exact) mass is 191 g/mol. The zero-order valence-corrected chi connectivity index (χ0v) is 7.43. The lowest BCUT2D eigenvalue weighted by atomic mass is 10.4. The van der Waals surface area contributed by atoms with Gasteiger partial charge in [0, 0.05) is 12.4 Å². The number of H-pyrrole nitrogens is 1. The molecule has 2 fully saturated rings. The van der Waals surface area contributed by atoms with E-state index in [1.165, 1.54) is 4.90 Å². The number of carbonyl (C=O) groups is 2. The summed E-state index contributed by atoms with van der Waals surface area (Å²) < 4.78 is 0. The summed E-state index contributed by atoms with van der Waals surface area (Å²) >= 11 is 0. The lowest BCUT2D eigenvalue weighted by molar-refractivity contribution is -0.142. The second kappa shape index (κ2) is 2.43. The van der Waals surface area contributed by atoms with E-state index < -0.39 is 0 Å². The number of nitrogens with zero attached hydrogens (tertiary/aromatic N) is 2. The fourth-order valence-corrected chi connectivity index (χ4v) is 1.94. The molecule has 5 nitrogen and oxygen atoms in total. The fraction of sp³-hybridized carbons (Fsp3) is 0.444. The van der Waals surface area contributed by atoms with Crippen molar-refractivity contribution in [3.05, 3.63) is 18.2 Å². The average Bonchev–Trinajstić information content (AvgIpc) is 2.75.